The van der Waals surface area contributed by atoms with Gasteiger partial charge in [-0.1, -0.05) is 39.5 Å². The highest BCUT2D eigenvalue weighted by molar-refractivity contribution is 4.54. The fourth-order valence-electron chi connectivity index (χ4n) is 1.20. The molecule has 0 aromatic carbocycles. The molecule has 2 heteroatoms. The van der Waals surface area contributed by atoms with Gasteiger partial charge in [-0.25, -0.2) is 0 Å². The molecule has 0 aliphatic heterocycles. The molecular formula is C10H22O2. The van der Waals surface area contributed by atoms with Crippen molar-refractivity contribution >= 4 is 0 Å². The quantitative estimate of drug-likeness (QED) is 0.579. The molecule has 2 nitrogen and oxygen atoms in total. The topological polar surface area (TPSA) is 40.5 Å². The maximum atomic E-state index is 9.02. The maximum absolute atomic E-state index is 9.02. The molecule has 0 aromatic heterocycles. The van der Waals surface area contributed by atoms with Crippen LogP contribution in [0.1, 0.15) is 46.0 Å². The van der Waals surface area contributed by atoms with Gasteiger partial charge in [0.25, 0.3) is 0 Å². The van der Waals surface area contributed by atoms with Crippen LogP contribution < -0.4 is 0 Å². The van der Waals surface area contributed by atoms with Crippen LogP contribution >= 0.6 is 0 Å². The number of aliphatic hydroxyl groups is 2. The zero-order valence-electron chi connectivity index (χ0n) is 8.29. The molecule has 0 fully saturated rings. The minimum atomic E-state index is -0.496. The predicted octanol–water partition coefficient (Wildman–Crippen LogP) is 1.95. The number of rotatable bonds is 7. The van der Waals surface area contributed by atoms with Crippen molar-refractivity contribution in [3.8, 4) is 0 Å². The Morgan fingerprint density at radius 1 is 1.00 bits per heavy atom. The van der Waals surface area contributed by atoms with Gasteiger partial charge in [0.1, 0.15) is 0 Å². The van der Waals surface area contributed by atoms with Crippen LogP contribution in [0.4, 0.5) is 0 Å². The van der Waals surface area contributed by atoms with Crippen molar-refractivity contribution in [3.63, 3.8) is 0 Å². The van der Waals surface area contributed by atoms with E-state index in [2.05, 4.69) is 13.8 Å². The van der Waals surface area contributed by atoms with Crippen molar-refractivity contribution in [1.29, 1.82) is 0 Å². The molecule has 0 saturated carbocycles. The smallest absolute Gasteiger partial charge is 0.0770 e. The van der Waals surface area contributed by atoms with Crippen molar-refractivity contribution in [1.82, 2.24) is 0 Å². The largest absolute Gasteiger partial charge is 0.394 e. The van der Waals surface area contributed by atoms with E-state index in [9.17, 15) is 0 Å². The first-order valence-electron chi connectivity index (χ1n) is 4.95. The molecule has 0 radical (unpaired) electrons. The summed E-state index contributed by atoms with van der Waals surface area (Å²) >= 11 is 0. The molecule has 0 aromatic rings. The molecule has 1 atom stereocenters. The fourth-order valence-corrected chi connectivity index (χ4v) is 1.20. The lowest BCUT2D eigenvalue weighted by molar-refractivity contribution is 0.0859. The number of unbranched alkanes of at least 4 members (excludes halogenated alkanes) is 2. The van der Waals surface area contributed by atoms with Gasteiger partial charge >= 0.3 is 0 Å². The van der Waals surface area contributed by atoms with Crippen LogP contribution in [-0.2, 0) is 0 Å². The van der Waals surface area contributed by atoms with Gasteiger partial charge in [0, 0.05) is 0 Å². The van der Waals surface area contributed by atoms with E-state index in [-0.39, 0.29) is 6.61 Å². The van der Waals surface area contributed by atoms with Gasteiger partial charge in [-0.05, 0) is 12.3 Å². The van der Waals surface area contributed by atoms with Gasteiger partial charge in [0.15, 0.2) is 0 Å². The van der Waals surface area contributed by atoms with Gasteiger partial charge in [-0.15, -0.1) is 0 Å². The zero-order chi connectivity index (χ0) is 9.40. The second-order valence-electron chi connectivity index (χ2n) is 3.87. The number of hydrogen-bond acceptors (Lipinski definition) is 2. The Hall–Kier alpha value is -0.0800. The van der Waals surface area contributed by atoms with Gasteiger partial charge < -0.3 is 10.2 Å². The molecule has 12 heavy (non-hydrogen) atoms. The first-order valence-corrected chi connectivity index (χ1v) is 4.95. The van der Waals surface area contributed by atoms with Gasteiger partial charge in [0.2, 0.25) is 0 Å². The Balaban J connectivity index is 3.00. The van der Waals surface area contributed by atoms with Crippen LogP contribution in [0.15, 0.2) is 0 Å². The lowest BCUT2D eigenvalue weighted by atomic mass is 10.0. The molecule has 0 aliphatic rings. The van der Waals surface area contributed by atoms with Crippen LogP contribution in [0.2, 0.25) is 0 Å². The van der Waals surface area contributed by atoms with Crippen LogP contribution in [0.5, 0.6) is 0 Å². The predicted molar refractivity (Wildman–Crippen MR) is 51.0 cm³/mol. The zero-order valence-corrected chi connectivity index (χ0v) is 8.29. The normalized spacial score (nSPS) is 13.8. The van der Waals surface area contributed by atoms with Crippen LogP contribution in [0.25, 0.3) is 0 Å². The van der Waals surface area contributed by atoms with E-state index < -0.39 is 6.10 Å². The van der Waals surface area contributed by atoms with Crippen molar-refractivity contribution in [2.24, 2.45) is 5.92 Å². The molecule has 0 amide bonds. The molecule has 0 heterocycles. The molecule has 0 rings (SSSR count). The van der Waals surface area contributed by atoms with Crippen LogP contribution in [0, 0.1) is 5.92 Å². The molecule has 0 bridgehead atoms. The first-order chi connectivity index (χ1) is 5.66. The fraction of sp³-hybridized carbons (Fsp3) is 1.00. The molecule has 1 unspecified atom stereocenters. The SMILES string of the molecule is CC(C)CCCCCC(O)CO. The molecule has 2 N–H and O–H groups in total. The van der Waals surface area contributed by atoms with E-state index in [0.29, 0.717) is 0 Å². The molecule has 0 spiro atoms. The Morgan fingerprint density at radius 2 is 1.58 bits per heavy atom. The highest BCUT2D eigenvalue weighted by atomic mass is 16.3. The molecular weight excluding hydrogens is 152 g/mol. The number of hydrogen-bond donors (Lipinski definition) is 2. The third-order valence-electron chi connectivity index (χ3n) is 2.03. The number of aliphatic hydroxyl groups excluding tert-OH is 2. The van der Waals surface area contributed by atoms with Gasteiger partial charge in [-0.2, -0.15) is 0 Å². The molecule has 74 valence electrons. The second-order valence-corrected chi connectivity index (χ2v) is 3.87. The third-order valence-corrected chi connectivity index (χ3v) is 2.03. The van der Waals surface area contributed by atoms with E-state index in [4.69, 9.17) is 10.2 Å². The van der Waals surface area contributed by atoms with E-state index in [1.54, 1.807) is 0 Å². The summed E-state index contributed by atoms with van der Waals surface area (Å²) in [7, 11) is 0. The van der Waals surface area contributed by atoms with Gasteiger partial charge in [-0.3, -0.25) is 0 Å². The van der Waals surface area contributed by atoms with Gasteiger partial charge in [0.05, 0.1) is 12.7 Å². The van der Waals surface area contributed by atoms with Crippen molar-refractivity contribution in [3.05, 3.63) is 0 Å². The Labute approximate surface area is 75.6 Å². The maximum Gasteiger partial charge on any atom is 0.0770 e. The van der Waals surface area contributed by atoms with E-state index in [0.717, 1.165) is 18.8 Å². The first kappa shape index (κ1) is 11.9. The summed E-state index contributed by atoms with van der Waals surface area (Å²) < 4.78 is 0. The summed E-state index contributed by atoms with van der Waals surface area (Å²) in [5.41, 5.74) is 0. The lowest BCUT2D eigenvalue weighted by Gasteiger charge is -2.07. The third kappa shape index (κ3) is 8.02. The minimum Gasteiger partial charge on any atom is -0.394 e. The van der Waals surface area contributed by atoms with E-state index in [1.165, 1.54) is 19.3 Å². The summed E-state index contributed by atoms with van der Waals surface area (Å²) in [6, 6.07) is 0. The summed E-state index contributed by atoms with van der Waals surface area (Å²) in [6.07, 6.45) is 4.98. The minimum absolute atomic E-state index is 0.0931. The average molecular weight is 174 g/mol. The molecule has 0 saturated heterocycles. The summed E-state index contributed by atoms with van der Waals surface area (Å²) in [5, 5.41) is 17.5. The van der Waals surface area contributed by atoms with Crippen molar-refractivity contribution in [2.75, 3.05) is 6.61 Å². The van der Waals surface area contributed by atoms with E-state index in [1.807, 2.05) is 0 Å². The summed E-state index contributed by atoms with van der Waals surface area (Å²) in [4.78, 5) is 0. The average Bonchev–Trinajstić information content (AvgIpc) is 2.03. The standard InChI is InChI=1S/C10H22O2/c1-9(2)6-4-3-5-7-10(12)8-11/h9-12H,3-8H2,1-2H3. The summed E-state index contributed by atoms with van der Waals surface area (Å²) in [6.45, 7) is 4.36. The Morgan fingerprint density at radius 3 is 2.08 bits per heavy atom. The molecule has 0 aliphatic carbocycles. The summed E-state index contributed by atoms with van der Waals surface area (Å²) in [5.74, 6) is 0.785. The lowest BCUT2D eigenvalue weighted by Crippen LogP contribution is -2.11. The highest BCUT2D eigenvalue weighted by Gasteiger charge is 2.00. The van der Waals surface area contributed by atoms with E-state index >= 15 is 0 Å². The van der Waals surface area contributed by atoms with Crippen LogP contribution in [0.3, 0.4) is 0 Å². The Kier molecular flexibility index (Phi) is 7.51. The highest BCUT2D eigenvalue weighted by Crippen LogP contribution is 2.10. The van der Waals surface area contributed by atoms with Crippen molar-refractivity contribution < 1.29 is 10.2 Å². The monoisotopic (exact) mass is 174 g/mol. The van der Waals surface area contributed by atoms with Crippen LogP contribution in [-0.4, -0.2) is 22.9 Å². The second kappa shape index (κ2) is 7.56. The van der Waals surface area contributed by atoms with Crippen molar-refractivity contribution in [2.45, 2.75) is 52.1 Å². The Bertz CT molecular complexity index is 91.8.